The molecule has 1 aromatic carbocycles. The predicted octanol–water partition coefficient (Wildman–Crippen LogP) is 2.37. The standard InChI is InChI=1S/C10H14ClNO/c1-7-5-9(11)3-4-10(7)13-6-8(2)12/h3-5,8H,6,12H2,1-2H3/t8-/m0/s1. The highest BCUT2D eigenvalue weighted by Gasteiger charge is 2.01. The van der Waals surface area contributed by atoms with E-state index in [1.165, 1.54) is 0 Å². The van der Waals surface area contributed by atoms with Crippen molar-refractivity contribution in [1.82, 2.24) is 0 Å². The van der Waals surface area contributed by atoms with Crippen LogP contribution in [0.5, 0.6) is 5.75 Å². The van der Waals surface area contributed by atoms with Gasteiger partial charge in [-0.2, -0.15) is 0 Å². The number of aryl methyl sites for hydroxylation is 1. The number of halogens is 1. The molecule has 72 valence electrons. The molecular weight excluding hydrogens is 186 g/mol. The third kappa shape index (κ3) is 3.25. The van der Waals surface area contributed by atoms with Gasteiger partial charge < -0.3 is 10.5 Å². The molecule has 0 bridgehead atoms. The maximum atomic E-state index is 5.80. The summed E-state index contributed by atoms with van der Waals surface area (Å²) >= 11 is 5.80. The lowest BCUT2D eigenvalue weighted by Gasteiger charge is -2.10. The molecule has 2 N–H and O–H groups in total. The average molecular weight is 200 g/mol. The SMILES string of the molecule is Cc1cc(Cl)ccc1OC[C@H](C)N. The van der Waals surface area contributed by atoms with Gasteiger partial charge >= 0.3 is 0 Å². The number of hydrogen-bond acceptors (Lipinski definition) is 2. The van der Waals surface area contributed by atoms with E-state index in [1.54, 1.807) is 0 Å². The Labute approximate surface area is 83.6 Å². The predicted molar refractivity (Wildman–Crippen MR) is 55.3 cm³/mol. The third-order valence-electron chi connectivity index (χ3n) is 1.64. The molecule has 0 unspecified atom stereocenters. The van der Waals surface area contributed by atoms with E-state index >= 15 is 0 Å². The summed E-state index contributed by atoms with van der Waals surface area (Å²) in [5.41, 5.74) is 6.60. The molecule has 0 heterocycles. The van der Waals surface area contributed by atoms with Gasteiger partial charge in [-0.25, -0.2) is 0 Å². The summed E-state index contributed by atoms with van der Waals surface area (Å²) in [5, 5.41) is 0.727. The van der Waals surface area contributed by atoms with Gasteiger partial charge in [0.15, 0.2) is 0 Å². The van der Waals surface area contributed by atoms with E-state index in [1.807, 2.05) is 32.0 Å². The summed E-state index contributed by atoms with van der Waals surface area (Å²) in [6.45, 7) is 4.40. The Bertz CT molecular complexity index is 286. The zero-order valence-corrected chi connectivity index (χ0v) is 8.64. The number of rotatable bonds is 3. The fraction of sp³-hybridized carbons (Fsp3) is 0.400. The fourth-order valence-electron chi connectivity index (χ4n) is 0.996. The molecule has 1 rings (SSSR count). The van der Waals surface area contributed by atoms with Crippen LogP contribution in [0.2, 0.25) is 5.02 Å². The second-order valence-corrected chi connectivity index (χ2v) is 3.63. The molecule has 0 fully saturated rings. The van der Waals surface area contributed by atoms with Gasteiger partial charge in [0, 0.05) is 11.1 Å². The minimum absolute atomic E-state index is 0.0510. The van der Waals surface area contributed by atoms with Crippen LogP contribution in [-0.4, -0.2) is 12.6 Å². The van der Waals surface area contributed by atoms with Crippen molar-refractivity contribution in [2.24, 2.45) is 5.73 Å². The van der Waals surface area contributed by atoms with Gasteiger partial charge in [0.1, 0.15) is 12.4 Å². The zero-order chi connectivity index (χ0) is 9.84. The molecule has 0 aliphatic heterocycles. The van der Waals surface area contributed by atoms with Crippen molar-refractivity contribution in [2.75, 3.05) is 6.61 Å². The third-order valence-corrected chi connectivity index (χ3v) is 1.87. The Kier molecular flexibility index (Phi) is 3.58. The Morgan fingerprint density at radius 1 is 1.54 bits per heavy atom. The van der Waals surface area contributed by atoms with Crippen LogP contribution in [0.3, 0.4) is 0 Å². The second-order valence-electron chi connectivity index (χ2n) is 3.20. The maximum absolute atomic E-state index is 5.80. The summed E-state index contributed by atoms with van der Waals surface area (Å²) < 4.78 is 5.47. The van der Waals surface area contributed by atoms with Crippen molar-refractivity contribution in [3.05, 3.63) is 28.8 Å². The molecule has 0 radical (unpaired) electrons. The number of benzene rings is 1. The van der Waals surface area contributed by atoms with Gasteiger partial charge in [0.2, 0.25) is 0 Å². The first-order valence-electron chi connectivity index (χ1n) is 4.24. The van der Waals surface area contributed by atoms with Crippen molar-refractivity contribution in [3.63, 3.8) is 0 Å². The molecule has 1 atom stereocenters. The highest BCUT2D eigenvalue weighted by Crippen LogP contribution is 2.21. The lowest BCUT2D eigenvalue weighted by Crippen LogP contribution is -2.23. The molecule has 0 saturated carbocycles. The van der Waals surface area contributed by atoms with Crippen molar-refractivity contribution in [3.8, 4) is 5.75 Å². The van der Waals surface area contributed by atoms with E-state index < -0.39 is 0 Å². The van der Waals surface area contributed by atoms with E-state index in [2.05, 4.69) is 0 Å². The van der Waals surface area contributed by atoms with Gasteiger partial charge in [0.05, 0.1) is 0 Å². The minimum Gasteiger partial charge on any atom is -0.492 e. The number of nitrogens with two attached hydrogens (primary N) is 1. The molecule has 3 heteroatoms. The summed E-state index contributed by atoms with van der Waals surface area (Å²) in [6, 6.07) is 5.60. The van der Waals surface area contributed by atoms with E-state index in [4.69, 9.17) is 22.1 Å². The Morgan fingerprint density at radius 2 is 2.23 bits per heavy atom. The molecular formula is C10H14ClNO. The molecule has 2 nitrogen and oxygen atoms in total. The first-order valence-corrected chi connectivity index (χ1v) is 4.62. The van der Waals surface area contributed by atoms with E-state index in [0.717, 1.165) is 16.3 Å². The van der Waals surface area contributed by atoms with Crippen LogP contribution in [-0.2, 0) is 0 Å². The number of hydrogen-bond donors (Lipinski definition) is 1. The fourth-order valence-corrected chi connectivity index (χ4v) is 1.22. The highest BCUT2D eigenvalue weighted by molar-refractivity contribution is 6.30. The van der Waals surface area contributed by atoms with Gasteiger partial charge in [-0.05, 0) is 37.6 Å². The first-order chi connectivity index (χ1) is 6.09. The molecule has 0 saturated heterocycles. The Morgan fingerprint density at radius 3 is 2.77 bits per heavy atom. The lowest BCUT2D eigenvalue weighted by molar-refractivity contribution is 0.294. The van der Waals surface area contributed by atoms with Crippen molar-refractivity contribution < 1.29 is 4.74 Å². The van der Waals surface area contributed by atoms with E-state index in [9.17, 15) is 0 Å². The van der Waals surface area contributed by atoms with Gasteiger partial charge in [-0.15, -0.1) is 0 Å². The van der Waals surface area contributed by atoms with E-state index in [-0.39, 0.29) is 6.04 Å². The molecule has 0 spiro atoms. The zero-order valence-electron chi connectivity index (χ0n) is 7.88. The smallest absolute Gasteiger partial charge is 0.122 e. The average Bonchev–Trinajstić information content (AvgIpc) is 2.02. The highest BCUT2D eigenvalue weighted by atomic mass is 35.5. The van der Waals surface area contributed by atoms with Crippen LogP contribution in [0.25, 0.3) is 0 Å². The van der Waals surface area contributed by atoms with Crippen molar-refractivity contribution >= 4 is 11.6 Å². The van der Waals surface area contributed by atoms with Gasteiger partial charge in [0.25, 0.3) is 0 Å². The quantitative estimate of drug-likeness (QED) is 0.812. The van der Waals surface area contributed by atoms with Crippen LogP contribution in [0.4, 0.5) is 0 Å². The molecule has 0 amide bonds. The Hall–Kier alpha value is -0.730. The van der Waals surface area contributed by atoms with Crippen LogP contribution >= 0.6 is 11.6 Å². The van der Waals surface area contributed by atoms with Crippen LogP contribution in [0, 0.1) is 6.92 Å². The molecule has 0 aliphatic rings. The summed E-state index contributed by atoms with van der Waals surface area (Å²) in [4.78, 5) is 0. The van der Waals surface area contributed by atoms with Crippen LogP contribution < -0.4 is 10.5 Å². The van der Waals surface area contributed by atoms with Gasteiger partial charge in [-0.1, -0.05) is 11.6 Å². The topological polar surface area (TPSA) is 35.2 Å². The lowest BCUT2D eigenvalue weighted by atomic mass is 10.2. The summed E-state index contributed by atoms with van der Waals surface area (Å²) in [6.07, 6.45) is 0. The van der Waals surface area contributed by atoms with E-state index in [0.29, 0.717) is 6.61 Å². The van der Waals surface area contributed by atoms with Crippen LogP contribution in [0.15, 0.2) is 18.2 Å². The minimum atomic E-state index is 0.0510. The second kappa shape index (κ2) is 4.49. The molecule has 0 aliphatic carbocycles. The Balaban J connectivity index is 2.67. The van der Waals surface area contributed by atoms with Crippen molar-refractivity contribution in [2.45, 2.75) is 19.9 Å². The molecule has 13 heavy (non-hydrogen) atoms. The monoisotopic (exact) mass is 199 g/mol. The summed E-state index contributed by atoms with van der Waals surface area (Å²) in [5.74, 6) is 0.849. The van der Waals surface area contributed by atoms with Crippen molar-refractivity contribution in [1.29, 1.82) is 0 Å². The normalized spacial score (nSPS) is 12.6. The molecule has 0 aromatic heterocycles. The molecule has 1 aromatic rings. The summed E-state index contributed by atoms with van der Waals surface area (Å²) in [7, 11) is 0. The largest absolute Gasteiger partial charge is 0.492 e. The number of ether oxygens (including phenoxy) is 1. The first kappa shape index (κ1) is 10.4. The maximum Gasteiger partial charge on any atom is 0.122 e. The van der Waals surface area contributed by atoms with Crippen LogP contribution in [0.1, 0.15) is 12.5 Å². The van der Waals surface area contributed by atoms with Gasteiger partial charge in [-0.3, -0.25) is 0 Å².